The van der Waals surface area contributed by atoms with Gasteiger partial charge in [-0.15, -0.1) is 0 Å². The van der Waals surface area contributed by atoms with Gasteiger partial charge >= 0.3 is 6.09 Å². The van der Waals surface area contributed by atoms with Crippen molar-refractivity contribution in [3.05, 3.63) is 47.1 Å². The summed E-state index contributed by atoms with van der Waals surface area (Å²) in [5.74, 6) is 1.05. The van der Waals surface area contributed by atoms with E-state index in [0.717, 1.165) is 69.8 Å². The van der Waals surface area contributed by atoms with Gasteiger partial charge in [-0.25, -0.2) is 13.2 Å². The van der Waals surface area contributed by atoms with Gasteiger partial charge in [0, 0.05) is 18.5 Å². The van der Waals surface area contributed by atoms with Crippen molar-refractivity contribution in [2.45, 2.75) is 115 Å². The number of alkyl carbamates (subject to hydrolysis) is 1. The molecule has 2 aromatic rings. The van der Waals surface area contributed by atoms with Gasteiger partial charge in [0.25, 0.3) is 0 Å². The Morgan fingerprint density at radius 3 is 2.42 bits per heavy atom. The van der Waals surface area contributed by atoms with Crippen LogP contribution in [-0.4, -0.2) is 46.3 Å². The highest BCUT2D eigenvalue weighted by atomic mass is 32.2. The Morgan fingerprint density at radius 1 is 1.03 bits per heavy atom. The molecule has 2 fully saturated rings. The van der Waals surface area contributed by atoms with Gasteiger partial charge in [-0.05, 0) is 70.4 Å². The lowest BCUT2D eigenvalue weighted by Gasteiger charge is -2.36. The minimum atomic E-state index is -3.37. The number of ether oxygens (including phenoxy) is 1. The van der Waals surface area contributed by atoms with Gasteiger partial charge in [-0.2, -0.15) is 9.29 Å². The first kappa shape index (κ1) is 28.5. The fraction of sp³-hybridized carbons (Fsp3) is 0.679. The van der Waals surface area contributed by atoms with Crippen molar-refractivity contribution in [1.29, 1.82) is 0 Å². The van der Waals surface area contributed by atoms with E-state index in [1.807, 2.05) is 45.0 Å². The molecule has 38 heavy (non-hydrogen) atoms. The number of carbonyl (C=O) groups is 1. The van der Waals surface area contributed by atoms with Gasteiger partial charge in [0.1, 0.15) is 12.6 Å². The third kappa shape index (κ3) is 7.79. The highest BCUT2D eigenvalue weighted by Gasteiger charge is 2.41. The van der Waals surface area contributed by atoms with Crippen LogP contribution in [0.2, 0.25) is 0 Å². The van der Waals surface area contributed by atoms with Crippen LogP contribution in [0.1, 0.15) is 107 Å². The van der Waals surface area contributed by atoms with Gasteiger partial charge in [0.15, 0.2) is 5.82 Å². The van der Waals surface area contributed by atoms with Crippen LogP contribution in [0, 0.1) is 0 Å². The van der Waals surface area contributed by atoms with E-state index in [9.17, 15) is 13.2 Å². The molecule has 1 aliphatic heterocycles. The van der Waals surface area contributed by atoms with Crippen molar-refractivity contribution in [3.8, 4) is 0 Å². The molecule has 1 aliphatic carbocycles. The van der Waals surface area contributed by atoms with Gasteiger partial charge in [-0.3, -0.25) is 0 Å². The Balaban J connectivity index is 1.27. The first-order valence-electron chi connectivity index (χ1n) is 14.0. The average Bonchev–Trinajstić information content (AvgIpc) is 3.36. The van der Waals surface area contributed by atoms with Gasteiger partial charge < -0.3 is 14.6 Å². The summed E-state index contributed by atoms with van der Waals surface area (Å²) in [6, 6.07) is 7.67. The SMILES string of the molecule is CC(C)(C)NC(=O)OCc1ccc(CCCc2noc([C@@H]3CCCCN3S(=O)(=O)C3CCCCC3)n2)cc1. The molecule has 9 nitrogen and oxygen atoms in total. The highest BCUT2D eigenvalue weighted by Crippen LogP contribution is 2.36. The summed E-state index contributed by atoms with van der Waals surface area (Å²) >= 11 is 0. The molecule has 0 unspecified atom stereocenters. The van der Waals surface area contributed by atoms with Crippen LogP contribution in [0.15, 0.2) is 28.8 Å². The maximum Gasteiger partial charge on any atom is 0.407 e. The predicted octanol–water partition coefficient (Wildman–Crippen LogP) is 5.46. The molecule has 2 aliphatic rings. The zero-order valence-electron chi connectivity index (χ0n) is 22.9. The van der Waals surface area contributed by atoms with E-state index in [0.29, 0.717) is 24.7 Å². The maximum absolute atomic E-state index is 13.4. The number of benzene rings is 1. The molecule has 0 bridgehead atoms. The molecule has 1 aromatic carbocycles. The topological polar surface area (TPSA) is 115 Å². The minimum Gasteiger partial charge on any atom is -0.445 e. The zero-order valence-corrected chi connectivity index (χ0v) is 23.8. The van der Waals surface area contributed by atoms with E-state index in [1.54, 1.807) is 4.31 Å². The maximum atomic E-state index is 13.4. The number of rotatable bonds is 9. The molecule has 0 radical (unpaired) electrons. The monoisotopic (exact) mass is 546 g/mol. The van der Waals surface area contributed by atoms with Crippen molar-refractivity contribution in [3.63, 3.8) is 0 Å². The van der Waals surface area contributed by atoms with Crippen molar-refractivity contribution in [2.24, 2.45) is 0 Å². The van der Waals surface area contributed by atoms with E-state index in [-0.39, 0.29) is 23.4 Å². The van der Waals surface area contributed by atoms with E-state index in [4.69, 9.17) is 9.26 Å². The van der Waals surface area contributed by atoms with E-state index in [1.165, 1.54) is 5.56 Å². The normalized spacial score (nSPS) is 19.8. The number of aryl methyl sites for hydroxylation is 2. The van der Waals surface area contributed by atoms with E-state index >= 15 is 0 Å². The third-order valence-electron chi connectivity index (χ3n) is 7.26. The van der Waals surface area contributed by atoms with Crippen LogP contribution in [0.5, 0.6) is 0 Å². The van der Waals surface area contributed by atoms with Gasteiger partial charge in [0.2, 0.25) is 15.9 Å². The lowest BCUT2D eigenvalue weighted by Crippen LogP contribution is -2.44. The fourth-order valence-electron chi connectivity index (χ4n) is 5.26. The molecule has 4 rings (SSSR count). The van der Waals surface area contributed by atoms with Crippen LogP contribution in [0.3, 0.4) is 0 Å². The summed E-state index contributed by atoms with van der Waals surface area (Å²) in [5.41, 5.74) is 1.78. The van der Waals surface area contributed by atoms with Crippen LogP contribution in [0.4, 0.5) is 4.79 Å². The average molecular weight is 547 g/mol. The summed E-state index contributed by atoms with van der Waals surface area (Å²) in [4.78, 5) is 16.4. The summed E-state index contributed by atoms with van der Waals surface area (Å²) in [6.07, 6.45) is 9.07. The van der Waals surface area contributed by atoms with Gasteiger partial charge in [-0.1, -0.05) is 55.1 Å². The smallest absolute Gasteiger partial charge is 0.407 e. The Kier molecular flexibility index (Phi) is 9.46. The predicted molar refractivity (Wildman–Crippen MR) is 145 cm³/mol. The van der Waals surface area contributed by atoms with Crippen molar-refractivity contribution in [2.75, 3.05) is 6.54 Å². The number of hydrogen-bond acceptors (Lipinski definition) is 7. The summed E-state index contributed by atoms with van der Waals surface area (Å²) in [5, 5.41) is 6.67. The molecule has 2 heterocycles. The van der Waals surface area contributed by atoms with E-state index in [2.05, 4.69) is 15.5 Å². The van der Waals surface area contributed by atoms with Crippen LogP contribution in [-0.2, 0) is 34.2 Å². The Hall–Kier alpha value is -2.46. The summed E-state index contributed by atoms with van der Waals surface area (Å²) < 4.78 is 39.4. The number of amides is 1. The molecule has 1 saturated heterocycles. The quantitative estimate of drug-likeness (QED) is 0.444. The first-order valence-corrected chi connectivity index (χ1v) is 15.5. The number of hydrogen-bond donors (Lipinski definition) is 1. The minimum absolute atomic E-state index is 0.225. The highest BCUT2D eigenvalue weighted by molar-refractivity contribution is 7.89. The van der Waals surface area contributed by atoms with Crippen molar-refractivity contribution in [1.82, 2.24) is 19.8 Å². The Bertz CT molecular complexity index is 1150. The van der Waals surface area contributed by atoms with Crippen molar-refractivity contribution < 1.29 is 22.5 Å². The molecule has 1 N–H and O–H groups in total. The lowest BCUT2D eigenvalue weighted by atomic mass is 10.0. The first-order chi connectivity index (χ1) is 18.1. The van der Waals surface area contributed by atoms with Crippen LogP contribution >= 0.6 is 0 Å². The number of sulfonamides is 1. The van der Waals surface area contributed by atoms with Gasteiger partial charge in [0.05, 0.1) is 5.25 Å². The third-order valence-corrected chi connectivity index (χ3v) is 9.66. The summed E-state index contributed by atoms with van der Waals surface area (Å²) in [7, 11) is -3.37. The Labute approximate surface area is 226 Å². The number of nitrogens with zero attached hydrogens (tertiary/aromatic N) is 3. The summed E-state index contributed by atoms with van der Waals surface area (Å²) in [6.45, 7) is 6.48. The second-order valence-corrected chi connectivity index (χ2v) is 13.8. The van der Waals surface area contributed by atoms with Crippen molar-refractivity contribution >= 4 is 16.1 Å². The van der Waals surface area contributed by atoms with E-state index < -0.39 is 16.1 Å². The lowest BCUT2D eigenvalue weighted by molar-refractivity contribution is 0.131. The fourth-order valence-corrected chi connectivity index (χ4v) is 7.51. The number of aromatic nitrogens is 2. The molecule has 1 saturated carbocycles. The Morgan fingerprint density at radius 2 is 1.71 bits per heavy atom. The van der Waals surface area contributed by atoms with Crippen LogP contribution in [0.25, 0.3) is 0 Å². The molecule has 1 amide bonds. The second kappa shape index (κ2) is 12.6. The molecule has 210 valence electrons. The molecule has 10 heteroatoms. The second-order valence-electron chi connectivity index (χ2n) is 11.6. The largest absolute Gasteiger partial charge is 0.445 e. The molecular weight excluding hydrogens is 504 g/mol. The molecular formula is C28H42N4O5S. The molecule has 0 spiro atoms. The number of piperidine rings is 1. The number of nitrogens with one attached hydrogen (secondary N) is 1. The zero-order chi connectivity index (χ0) is 27.2. The molecule has 1 aromatic heterocycles. The molecule has 1 atom stereocenters. The van der Waals surface area contributed by atoms with Crippen LogP contribution < -0.4 is 5.32 Å². The number of carbonyl (C=O) groups excluding carboxylic acids is 1. The standard InChI is InChI=1S/C28H42N4O5S/c1-28(2,3)30-27(33)36-20-22-17-15-21(16-18-22)10-9-14-25-29-26(37-31-25)24-13-7-8-19-32(24)38(34,35)23-11-5-4-6-12-23/h15-18,23-24H,4-14,19-20H2,1-3H3,(H,30,33)/t24-/m0/s1.